The fourth-order valence-corrected chi connectivity index (χ4v) is 4.44. The Kier molecular flexibility index (Phi) is 5.83. The summed E-state index contributed by atoms with van der Waals surface area (Å²) < 4.78 is 1.79. The Bertz CT molecular complexity index is 1230. The summed E-state index contributed by atoms with van der Waals surface area (Å²) >= 11 is 0. The predicted molar refractivity (Wildman–Crippen MR) is 127 cm³/mol. The summed E-state index contributed by atoms with van der Waals surface area (Å²) in [6, 6.07) is 7.81. The third-order valence-electron chi connectivity index (χ3n) is 6.18. The van der Waals surface area contributed by atoms with Gasteiger partial charge in [0, 0.05) is 36.2 Å². The molecule has 0 aliphatic carbocycles. The lowest BCUT2D eigenvalue weighted by Crippen LogP contribution is -2.31. The molecule has 0 saturated heterocycles. The monoisotopic (exact) mass is 418 g/mol. The number of pyridine rings is 1. The Morgan fingerprint density at radius 3 is 2.65 bits per heavy atom. The van der Waals surface area contributed by atoms with Crippen LogP contribution in [0.4, 0.5) is 5.69 Å². The number of amides is 1. The number of anilines is 1. The zero-order chi connectivity index (χ0) is 22.1. The van der Waals surface area contributed by atoms with Crippen molar-refractivity contribution in [2.24, 2.45) is 0 Å². The summed E-state index contributed by atoms with van der Waals surface area (Å²) in [5.74, 6) is -0.115. The van der Waals surface area contributed by atoms with E-state index in [-0.39, 0.29) is 11.5 Å². The van der Waals surface area contributed by atoms with Crippen molar-refractivity contribution in [1.82, 2.24) is 14.5 Å². The maximum absolute atomic E-state index is 13.2. The number of H-pyrrole nitrogens is 1. The Balaban J connectivity index is 1.71. The first-order chi connectivity index (χ1) is 14.9. The lowest BCUT2D eigenvalue weighted by Gasteiger charge is -2.19. The molecule has 6 heteroatoms. The van der Waals surface area contributed by atoms with Crippen molar-refractivity contribution in [3.05, 3.63) is 63.2 Å². The summed E-state index contributed by atoms with van der Waals surface area (Å²) in [6.45, 7) is 11.8. The third-order valence-corrected chi connectivity index (χ3v) is 6.18. The second kappa shape index (κ2) is 8.55. The minimum atomic E-state index is -0.115. The molecule has 162 valence electrons. The van der Waals surface area contributed by atoms with Gasteiger partial charge in [0.25, 0.3) is 11.5 Å². The molecule has 0 fully saturated rings. The number of hydrogen-bond acceptors (Lipinski definition) is 3. The Hall–Kier alpha value is -3.12. The van der Waals surface area contributed by atoms with Gasteiger partial charge in [-0.05, 0) is 62.7 Å². The minimum Gasteiger partial charge on any atom is -0.355 e. The van der Waals surface area contributed by atoms with Crippen molar-refractivity contribution in [2.45, 2.75) is 40.7 Å². The van der Waals surface area contributed by atoms with E-state index in [0.717, 1.165) is 59.6 Å². The maximum atomic E-state index is 13.2. The van der Waals surface area contributed by atoms with Crippen molar-refractivity contribution in [1.29, 1.82) is 0 Å². The average Bonchev–Trinajstić information content (AvgIpc) is 3.24. The highest BCUT2D eigenvalue weighted by Gasteiger charge is 2.26. The number of nitrogens with one attached hydrogen (secondary N) is 2. The van der Waals surface area contributed by atoms with E-state index in [1.165, 1.54) is 0 Å². The van der Waals surface area contributed by atoms with Gasteiger partial charge in [-0.1, -0.05) is 26.0 Å². The van der Waals surface area contributed by atoms with E-state index in [0.29, 0.717) is 17.5 Å². The molecule has 1 aromatic carbocycles. The largest absolute Gasteiger partial charge is 0.355 e. The van der Waals surface area contributed by atoms with Crippen LogP contribution in [0.3, 0.4) is 0 Å². The average molecular weight is 419 g/mol. The molecule has 1 amide bonds. The summed E-state index contributed by atoms with van der Waals surface area (Å²) in [4.78, 5) is 31.5. The fourth-order valence-electron chi connectivity index (χ4n) is 4.44. The van der Waals surface area contributed by atoms with E-state index in [1.54, 1.807) is 4.57 Å². The molecule has 6 nitrogen and oxygen atoms in total. The first-order valence-corrected chi connectivity index (χ1v) is 11.0. The van der Waals surface area contributed by atoms with Gasteiger partial charge in [-0.25, -0.2) is 0 Å². The molecule has 0 saturated carbocycles. The van der Waals surface area contributed by atoms with E-state index in [2.05, 4.69) is 29.0 Å². The number of aryl methyl sites for hydroxylation is 2. The van der Waals surface area contributed by atoms with Crippen LogP contribution in [0.5, 0.6) is 0 Å². The van der Waals surface area contributed by atoms with E-state index < -0.39 is 0 Å². The standard InChI is InChI=1S/C25H30N4O2/c1-5-11-28(6-2)13-14-29-12-10-20-23(25(29)31)17(4)21(26-20)15-18-22-16(3)8-7-9-19(22)27-24(18)30/h7-10,12,15,26H,5-6,11,13-14H2,1-4H3,(H,27,30)/b18-15-. The van der Waals surface area contributed by atoms with Crippen LogP contribution in [0, 0.1) is 13.8 Å². The maximum Gasteiger partial charge on any atom is 0.260 e. The van der Waals surface area contributed by atoms with Gasteiger partial charge in [0.1, 0.15) is 0 Å². The Morgan fingerprint density at radius 2 is 1.90 bits per heavy atom. The second-order valence-corrected chi connectivity index (χ2v) is 8.21. The first-order valence-electron chi connectivity index (χ1n) is 11.0. The lowest BCUT2D eigenvalue weighted by atomic mass is 10.00. The molecular weight excluding hydrogens is 388 g/mol. The van der Waals surface area contributed by atoms with E-state index in [1.807, 2.05) is 50.4 Å². The topological polar surface area (TPSA) is 70.1 Å². The number of carbonyl (C=O) groups is 1. The molecule has 2 N–H and O–H groups in total. The predicted octanol–water partition coefficient (Wildman–Crippen LogP) is 4.17. The van der Waals surface area contributed by atoms with Crippen LogP contribution in [0.25, 0.3) is 22.6 Å². The van der Waals surface area contributed by atoms with Gasteiger partial charge in [-0.2, -0.15) is 0 Å². The molecule has 4 rings (SSSR count). The molecule has 2 aromatic heterocycles. The highest BCUT2D eigenvalue weighted by Crippen LogP contribution is 2.36. The van der Waals surface area contributed by atoms with Gasteiger partial charge in [-0.3, -0.25) is 9.59 Å². The number of aromatic nitrogens is 2. The van der Waals surface area contributed by atoms with Crippen molar-refractivity contribution in [2.75, 3.05) is 25.0 Å². The smallest absolute Gasteiger partial charge is 0.260 e. The molecule has 0 unspecified atom stereocenters. The highest BCUT2D eigenvalue weighted by molar-refractivity contribution is 6.35. The number of rotatable bonds is 7. The van der Waals surface area contributed by atoms with Crippen LogP contribution in [0.15, 0.2) is 35.3 Å². The zero-order valence-corrected chi connectivity index (χ0v) is 18.7. The quantitative estimate of drug-likeness (QED) is 0.566. The fraction of sp³-hybridized carbons (Fsp3) is 0.360. The Labute approximate surface area is 182 Å². The van der Waals surface area contributed by atoms with Crippen LogP contribution in [0.1, 0.15) is 42.7 Å². The third kappa shape index (κ3) is 3.83. The van der Waals surface area contributed by atoms with Crippen LogP contribution in [-0.4, -0.2) is 40.0 Å². The molecule has 3 heterocycles. The van der Waals surface area contributed by atoms with E-state index in [9.17, 15) is 9.59 Å². The number of fused-ring (bicyclic) bond motifs is 2. The summed E-state index contributed by atoms with van der Waals surface area (Å²) in [6.07, 6.45) is 4.83. The first kappa shape index (κ1) is 21.1. The number of nitrogens with zero attached hydrogens (tertiary/aromatic N) is 2. The summed E-state index contributed by atoms with van der Waals surface area (Å²) in [5, 5.41) is 3.62. The SMILES string of the molecule is CCCN(CC)CCn1ccc2[nH]c(/C=C3\C(=O)Nc4cccc(C)c43)c(C)c2c1=O. The molecule has 0 atom stereocenters. The van der Waals surface area contributed by atoms with Gasteiger partial charge in [0.05, 0.1) is 16.5 Å². The van der Waals surface area contributed by atoms with Gasteiger partial charge in [-0.15, -0.1) is 0 Å². The van der Waals surface area contributed by atoms with Crippen LogP contribution in [-0.2, 0) is 11.3 Å². The minimum absolute atomic E-state index is 0.0101. The van der Waals surface area contributed by atoms with Crippen molar-refractivity contribution >= 4 is 34.1 Å². The van der Waals surface area contributed by atoms with Gasteiger partial charge in [0.2, 0.25) is 0 Å². The second-order valence-electron chi connectivity index (χ2n) is 8.21. The number of aromatic amines is 1. The highest BCUT2D eigenvalue weighted by atomic mass is 16.2. The summed E-state index contributed by atoms with van der Waals surface area (Å²) in [5.41, 5.74) is 5.92. The summed E-state index contributed by atoms with van der Waals surface area (Å²) in [7, 11) is 0. The molecule has 0 spiro atoms. The van der Waals surface area contributed by atoms with Crippen LogP contribution >= 0.6 is 0 Å². The van der Waals surface area contributed by atoms with Crippen molar-refractivity contribution in [3.63, 3.8) is 0 Å². The van der Waals surface area contributed by atoms with Crippen LogP contribution in [0.2, 0.25) is 0 Å². The van der Waals surface area contributed by atoms with Gasteiger partial charge in [0.15, 0.2) is 0 Å². The Morgan fingerprint density at radius 1 is 1.10 bits per heavy atom. The molecule has 31 heavy (non-hydrogen) atoms. The van der Waals surface area contributed by atoms with Gasteiger partial charge >= 0.3 is 0 Å². The van der Waals surface area contributed by atoms with E-state index >= 15 is 0 Å². The number of likely N-dealkylation sites (N-methyl/N-ethyl adjacent to an activating group) is 1. The molecule has 1 aliphatic rings. The molecule has 0 radical (unpaired) electrons. The molecular formula is C25H30N4O2. The number of benzene rings is 1. The van der Waals surface area contributed by atoms with Crippen LogP contribution < -0.4 is 10.9 Å². The van der Waals surface area contributed by atoms with E-state index in [4.69, 9.17) is 0 Å². The lowest BCUT2D eigenvalue weighted by molar-refractivity contribution is -0.110. The van der Waals surface area contributed by atoms with Gasteiger partial charge < -0.3 is 19.8 Å². The molecule has 3 aromatic rings. The van der Waals surface area contributed by atoms with Crippen molar-refractivity contribution < 1.29 is 4.79 Å². The number of hydrogen-bond donors (Lipinski definition) is 2. The molecule has 1 aliphatic heterocycles. The molecule has 0 bridgehead atoms. The zero-order valence-electron chi connectivity index (χ0n) is 18.7. The number of carbonyl (C=O) groups excluding carboxylic acids is 1. The normalized spacial score (nSPS) is 14.6. The van der Waals surface area contributed by atoms with Crippen molar-refractivity contribution in [3.8, 4) is 0 Å².